The third kappa shape index (κ3) is 3.63. The van der Waals surface area contributed by atoms with Gasteiger partial charge in [0.15, 0.2) is 0 Å². The zero-order valence-electron chi connectivity index (χ0n) is 25.0. The number of allylic oxidation sites excluding steroid dienone is 4. The molecule has 2 aliphatic carbocycles. The lowest BCUT2D eigenvalue weighted by Gasteiger charge is -2.26. The Morgan fingerprint density at radius 2 is 1.16 bits per heavy atom. The predicted octanol–water partition coefficient (Wildman–Crippen LogP) is 12.6. The molecule has 9 rings (SSSR count). The van der Waals surface area contributed by atoms with Crippen LogP contribution in [0.2, 0.25) is 0 Å². The highest BCUT2D eigenvalue weighted by molar-refractivity contribution is 7.22. The van der Waals surface area contributed by atoms with Gasteiger partial charge in [0.05, 0.1) is 0 Å². The zero-order chi connectivity index (χ0) is 29.4. The maximum atomic E-state index is 2.43. The van der Waals surface area contributed by atoms with E-state index in [1.807, 2.05) is 11.3 Å². The van der Waals surface area contributed by atoms with Gasteiger partial charge in [-0.3, -0.25) is 0 Å². The first-order valence-electron chi connectivity index (χ1n) is 15.7. The van der Waals surface area contributed by atoms with E-state index in [0.29, 0.717) is 0 Å². The molecule has 0 fully saturated rings. The Bertz CT molecular complexity index is 2300. The van der Waals surface area contributed by atoms with Crippen LogP contribution in [0.3, 0.4) is 0 Å². The van der Waals surface area contributed by atoms with Crippen molar-refractivity contribution in [1.82, 2.24) is 0 Å². The number of rotatable bonds is 3. The second-order valence-corrected chi connectivity index (χ2v) is 13.8. The minimum absolute atomic E-state index is 0.114. The van der Waals surface area contributed by atoms with Gasteiger partial charge in [-0.1, -0.05) is 135 Å². The van der Waals surface area contributed by atoms with Crippen molar-refractivity contribution in [2.75, 3.05) is 0 Å². The van der Waals surface area contributed by atoms with Crippen LogP contribution in [0.4, 0.5) is 0 Å². The highest BCUT2D eigenvalue weighted by Crippen LogP contribution is 2.58. The van der Waals surface area contributed by atoms with Crippen molar-refractivity contribution in [2.45, 2.75) is 32.1 Å². The summed E-state index contributed by atoms with van der Waals surface area (Å²) in [5.74, 6) is 0. The van der Waals surface area contributed by atoms with Gasteiger partial charge < -0.3 is 0 Å². The molecule has 6 aromatic carbocycles. The number of fused-ring (bicyclic) bond motifs is 7. The summed E-state index contributed by atoms with van der Waals surface area (Å²) in [5, 5.41) is 6.63. The molecular formula is C43H32S. The number of hydrogen-bond acceptors (Lipinski definition) is 1. The monoisotopic (exact) mass is 580 g/mol. The van der Waals surface area contributed by atoms with Crippen molar-refractivity contribution in [3.8, 4) is 32.7 Å². The molecule has 1 aromatic heterocycles. The molecular weight excluding hydrogens is 549 g/mol. The zero-order valence-corrected chi connectivity index (χ0v) is 25.8. The van der Waals surface area contributed by atoms with Crippen molar-refractivity contribution in [2.24, 2.45) is 0 Å². The molecule has 0 radical (unpaired) electrons. The normalized spacial score (nSPS) is 15.1. The summed E-state index contributed by atoms with van der Waals surface area (Å²) in [6, 6.07) is 43.2. The molecule has 210 valence electrons. The minimum atomic E-state index is -0.114. The first kappa shape index (κ1) is 25.7. The molecule has 0 saturated carbocycles. The van der Waals surface area contributed by atoms with Crippen molar-refractivity contribution >= 4 is 48.5 Å². The lowest BCUT2D eigenvalue weighted by molar-refractivity contribution is 0.669. The predicted molar refractivity (Wildman–Crippen MR) is 192 cm³/mol. The Kier molecular flexibility index (Phi) is 5.64. The molecule has 0 spiro atoms. The molecule has 0 unspecified atom stereocenters. The van der Waals surface area contributed by atoms with Crippen LogP contribution in [0.15, 0.2) is 133 Å². The van der Waals surface area contributed by atoms with E-state index in [1.165, 1.54) is 86.6 Å². The maximum absolute atomic E-state index is 2.43. The molecule has 44 heavy (non-hydrogen) atoms. The van der Waals surface area contributed by atoms with Crippen molar-refractivity contribution in [3.63, 3.8) is 0 Å². The van der Waals surface area contributed by atoms with Gasteiger partial charge in [-0.15, -0.1) is 11.3 Å². The highest BCUT2D eigenvalue weighted by atomic mass is 32.1. The van der Waals surface area contributed by atoms with Crippen LogP contribution < -0.4 is 0 Å². The SMILES string of the molecule is CC1(C)c2c(cccc2-c2c3ccccc3c(-c3cccc(C4=CCCC=C4)c3)c3ccccc23)-c2sc3ccccc3c21. The molecule has 0 atom stereocenters. The van der Waals surface area contributed by atoms with Crippen molar-refractivity contribution in [1.29, 1.82) is 0 Å². The molecule has 0 N–H and O–H groups in total. The Hall–Kier alpha value is -4.72. The second-order valence-electron chi connectivity index (χ2n) is 12.7. The van der Waals surface area contributed by atoms with Crippen LogP contribution in [0.5, 0.6) is 0 Å². The van der Waals surface area contributed by atoms with Crippen molar-refractivity contribution < 1.29 is 0 Å². The van der Waals surface area contributed by atoms with Gasteiger partial charge in [-0.2, -0.15) is 0 Å². The van der Waals surface area contributed by atoms with E-state index in [1.54, 1.807) is 0 Å². The molecule has 1 heterocycles. The summed E-state index contributed by atoms with van der Waals surface area (Å²) in [7, 11) is 0. The summed E-state index contributed by atoms with van der Waals surface area (Å²) in [6.45, 7) is 4.86. The first-order valence-corrected chi connectivity index (χ1v) is 16.5. The molecule has 7 aromatic rings. The minimum Gasteiger partial charge on any atom is -0.135 e. The van der Waals surface area contributed by atoms with Crippen LogP contribution in [0.25, 0.3) is 69.9 Å². The lowest BCUT2D eigenvalue weighted by Crippen LogP contribution is -2.16. The average molecular weight is 581 g/mol. The fourth-order valence-electron chi connectivity index (χ4n) is 8.02. The van der Waals surface area contributed by atoms with Gasteiger partial charge in [0, 0.05) is 15.0 Å². The molecule has 1 heteroatoms. The van der Waals surface area contributed by atoms with E-state index in [9.17, 15) is 0 Å². The molecule has 0 aliphatic heterocycles. The Morgan fingerprint density at radius 1 is 0.545 bits per heavy atom. The van der Waals surface area contributed by atoms with Crippen LogP contribution in [0, 0.1) is 0 Å². The van der Waals surface area contributed by atoms with Crippen LogP contribution in [0.1, 0.15) is 43.4 Å². The van der Waals surface area contributed by atoms with Crippen LogP contribution >= 0.6 is 11.3 Å². The van der Waals surface area contributed by atoms with Crippen molar-refractivity contribution in [3.05, 3.63) is 150 Å². The molecule has 0 nitrogen and oxygen atoms in total. The van der Waals surface area contributed by atoms with E-state index in [-0.39, 0.29) is 5.41 Å². The van der Waals surface area contributed by atoms with E-state index >= 15 is 0 Å². The van der Waals surface area contributed by atoms with E-state index in [4.69, 9.17) is 0 Å². The molecule has 2 aliphatic rings. The molecule has 0 saturated heterocycles. The summed E-state index contributed by atoms with van der Waals surface area (Å²) in [4.78, 5) is 1.43. The van der Waals surface area contributed by atoms with Gasteiger partial charge >= 0.3 is 0 Å². The third-order valence-electron chi connectivity index (χ3n) is 9.83. The Labute approximate surface area is 262 Å². The third-order valence-corrected chi connectivity index (χ3v) is 11.0. The Balaban J connectivity index is 1.35. The summed E-state index contributed by atoms with van der Waals surface area (Å²) in [6.07, 6.45) is 9.18. The number of benzene rings is 6. The maximum Gasteiger partial charge on any atom is 0.0399 e. The summed E-state index contributed by atoms with van der Waals surface area (Å²) in [5.41, 5.74) is 12.1. The van der Waals surface area contributed by atoms with E-state index < -0.39 is 0 Å². The van der Waals surface area contributed by atoms with E-state index in [2.05, 4.69) is 147 Å². The lowest BCUT2D eigenvalue weighted by atomic mass is 9.76. The number of thiophene rings is 1. The topological polar surface area (TPSA) is 0 Å². The van der Waals surface area contributed by atoms with E-state index in [0.717, 1.165) is 12.8 Å². The van der Waals surface area contributed by atoms with Gasteiger partial charge in [0.2, 0.25) is 0 Å². The number of hydrogen-bond donors (Lipinski definition) is 0. The fourth-order valence-corrected chi connectivity index (χ4v) is 9.41. The first-order chi connectivity index (χ1) is 21.6. The van der Waals surface area contributed by atoms with Crippen LogP contribution in [-0.2, 0) is 5.41 Å². The molecule has 0 bridgehead atoms. The Morgan fingerprint density at radius 3 is 1.86 bits per heavy atom. The van der Waals surface area contributed by atoms with Gasteiger partial charge in [-0.05, 0) is 102 Å². The fraction of sp³-hybridized carbons (Fsp3) is 0.116. The van der Waals surface area contributed by atoms with Gasteiger partial charge in [-0.25, -0.2) is 0 Å². The summed E-state index contributed by atoms with van der Waals surface area (Å²) < 4.78 is 1.38. The standard InChI is InChI=1S/C43H32S/c1-43(2)40-35(23-13-24-36(40)42-41(43)34-22-10-11-25-37(34)44-42)39-32-20-8-6-18-30(32)38(31-19-7-9-21-33(31)39)29-17-12-16-28(26-29)27-14-4-3-5-15-27/h4,6-26H,3,5H2,1-2H3. The summed E-state index contributed by atoms with van der Waals surface area (Å²) >= 11 is 1.95. The smallest absolute Gasteiger partial charge is 0.0399 e. The molecule has 0 amide bonds. The van der Waals surface area contributed by atoms with Gasteiger partial charge in [0.25, 0.3) is 0 Å². The van der Waals surface area contributed by atoms with Crippen LogP contribution in [-0.4, -0.2) is 0 Å². The quantitative estimate of drug-likeness (QED) is 0.182. The highest BCUT2D eigenvalue weighted by Gasteiger charge is 2.41. The second kappa shape index (κ2) is 9.64. The largest absolute Gasteiger partial charge is 0.135 e. The van der Waals surface area contributed by atoms with Gasteiger partial charge in [0.1, 0.15) is 0 Å². The average Bonchev–Trinajstić information content (AvgIpc) is 3.57.